The van der Waals surface area contributed by atoms with Crippen LogP contribution in [0.3, 0.4) is 0 Å². The molecule has 0 saturated heterocycles. The third-order valence-electron chi connectivity index (χ3n) is 3.61. The van der Waals surface area contributed by atoms with Crippen LogP contribution in [0.1, 0.15) is 32.4 Å². The predicted octanol–water partition coefficient (Wildman–Crippen LogP) is 4.26. The Morgan fingerprint density at radius 1 is 1.22 bits per heavy atom. The first kappa shape index (κ1) is 15.5. The van der Waals surface area contributed by atoms with E-state index < -0.39 is 0 Å². The van der Waals surface area contributed by atoms with Gasteiger partial charge >= 0.3 is 0 Å². The molecule has 0 spiro atoms. The molecule has 4 nitrogen and oxygen atoms in total. The molecule has 0 aliphatic carbocycles. The smallest absolute Gasteiger partial charge is 0.263 e. The predicted molar refractivity (Wildman–Crippen MR) is 91.6 cm³/mol. The van der Waals surface area contributed by atoms with Gasteiger partial charge in [-0.25, -0.2) is 4.98 Å². The maximum atomic E-state index is 12.4. The number of aryl methyl sites for hydroxylation is 3. The van der Waals surface area contributed by atoms with Gasteiger partial charge in [0.25, 0.3) is 5.91 Å². The molecule has 0 unspecified atom stereocenters. The van der Waals surface area contributed by atoms with Gasteiger partial charge in [0.15, 0.2) is 0 Å². The third-order valence-corrected chi connectivity index (χ3v) is 4.81. The number of thiazole rings is 1. The number of hydrogen-bond acceptors (Lipinski definition) is 4. The van der Waals surface area contributed by atoms with Gasteiger partial charge in [-0.2, -0.15) is 0 Å². The summed E-state index contributed by atoms with van der Waals surface area (Å²) < 4.78 is 5.48. The second-order valence-electron chi connectivity index (χ2n) is 5.42. The summed E-state index contributed by atoms with van der Waals surface area (Å²) >= 11 is 1.42. The van der Waals surface area contributed by atoms with Crippen molar-refractivity contribution in [1.29, 1.82) is 0 Å². The molecule has 0 radical (unpaired) electrons. The summed E-state index contributed by atoms with van der Waals surface area (Å²) in [5.41, 5.74) is 2.79. The van der Waals surface area contributed by atoms with Crippen LogP contribution in [0.25, 0.3) is 10.6 Å². The van der Waals surface area contributed by atoms with Crippen LogP contribution in [0.5, 0.6) is 0 Å². The SMILES string of the molecule is Cc1cc(CNC(=O)c2sc(-c3ccccc3)nc2C)c(C)o1. The second kappa shape index (κ2) is 6.38. The van der Waals surface area contributed by atoms with Crippen LogP contribution in [0.4, 0.5) is 0 Å². The summed E-state index contributed by atoms with van der Waals surface area (Å²) in [6.07, 6.45) is 0. The fraction of sp³-hybridized carbons (Fsp3) is 0.222. The van der Waals surface area contributed by atoms with Gasteiger partial charge in [0.05, 0.1) is 5.69 Å². The molecule has 0 aliphatic rings. The van der Waals surface area contributed by atoms with Crippen molar-refractivity contribution in [2.24, 2.45) is 0 Å². The molecule has 118 valence electrons. The molecule has 0 saturated carbocycles. The van der Waals surface area contributed by atoms with Gasteiger partial charge in [-0.15, -0.1) is 11.3 Å². The van der Waals surface area contributed by atoms with Crippen molar-refractivity contribution in [3.63, 3.8) is 0 Å². The van der Waals surface area contributed by atoms with Gasteiger partial charge in [0.1, 0.15) is 21.4 Å². The molecule has 5 heteroatoms. The molecule has 2 heterocycles. The van der Waals surface area contributed by atoms with Gasteiger partial charge in [0, 0.05) is 17.7 Å². The number of furan rings is 1. The minimum Gasteiger partial charge on any atom is -0.466 e. The Morgan fingerprint density at radius 2 is 1.96 bits per heavy atom. The summed E-state index contributed by atoms with van der Waals surface area (Å²) in [4.78, 5) is 17.6. The molecule has 0 aliphatic heterocycles. The first-order valence-corrected chi connectivity index (χ1v) is 8.23. The average Bonchev–Trinajstić information content (AvgIpc) is 3.08. The monoisotopic (exact) mass is 326 g/mol. The zero-order chi connectivity index (χ0) is 16.4. The number of nitrogens with one attached hydrogen (secondary N) is 1. The molecule has 0 atom stereocenters. The summed E-state index contributed by atoms with van der Waals surface area (Å²) in [6.45, 7) is 6.13. The van der Waals surface area contributed by atoms with Crippen molar-refractivity contribution in [3.05, 3.63) is 64.1 Å². The molecule has 1 amide bonds. The minimum absolute atomic E-state index is 0.0968. The molecule has 1 aromatic carbocycles. The van der Waals surface area contributed by atoms with E-state index in [9.17, 15) is 4.79 Å². The van der Waals surface area contributed by atoms with Gasteiger partial charge < -0.3 is 9.73 Å². The molecule has 3 aromatic rings. The van der Waals surface area contributed by atoms with E-state index >= 15 is 0 Å². The lowest BCUT2D eigenvalue weighted by Gasteiger charge is -2.02. The number of carbonyl (C=O) groups is 1. The van der Waals surface area contributed by atoms with E-state index in [0.717, 1.165) is 33.3 Å². The van der Waals surface area contributed by atoms with Crippen LogP contribution in [0, 0.1) is 20.8 Å². The number of benzene rings is 1. The Balaban J connectivity index is 1.75. The highest BCUT2D eigenvalue weighted by atomic mass is 32.1. The van der Waals surface area contributed by atoms with E-state index in [-0.39, 0.29) is 5.91 Å². The molecule has 2 aromatic heterocycles. The van der Waals surface area contributed by atoms with E-state index in [2.05, 4.69) is 10.3 Å². The normalized spacial score (nSPS) is 10.7. The number of aromatic nitrogens is 1. The minimum atomic E-state index is -0.0968. The number of nitrogens with zero attached hydrogens (tertiary/aromatic N) is 1. The second-order valence-corrected chi connectivity index (χ2v) is 6.42. The first-order valence-electron chi connectivity index (χ1n) is 7.41. The summed E-state index contributed by atoms with van der Waals surface area (Å²) in [5.74, 6) is 1.60. The lowest BCUT2D eigenvalue weighted by molar-refractivity contribution is 0.0954. The standard InChI is InChI=1S/C18H18N2O2S/c1-11-9-15(13(3)22-11)10-19-17(21)16-12(2)20-18(23-16)14-7-5-4-6-8-14/h4-9H,10H2,1-3H3,(H,19,21). The molecular formula is C18H18N2O2S. The van der Waals surface area contributed by atoms with Crippen LogP contribution < -0.4 is 5.32 Å². The Hall–Kier alpha value is -2.40. The maximum absolute atomic E-state index is 12.4. The Bertz CT molecular complexity index is 834. The summed E-state index contributed by atoms with van der Waals surface area (Å²) in [7, 11) is 0. The zero-order valence-electron chi connectivity index (χ0n) is 13.3. The number of amides is 1. The highest BCUT2D eigenvalue weighted by Crippen LogP contribution is 2.27. The Morgan fingerprint density at radius 3 is 2.61 bits per heavy atom. The quantitative estimate of drug-likeness (QED) is 0.779. The van der Waals surface area contributed by atoms with Crippen LogP contribution in [-0.2, 0) is 6.54 Å². The van der Waals surface area contributed by atoms with Crippen molar-refractivity contribution >= 4 is 17.2 Å². The topological polar surface area (TPSA) is 55.1 Å². The Kier molecular flexibility index (Phi) is 4.30. The maximum Gasteiger partial charge on any atom is 0.263 e. The summed E-state index contributed by atoms with van der Waals surface area (Å²) in [6, 6.07) is 11.8. The van der Waals surface area contributed by atoms with E-state index in [1.54, 1.807) is 0 Å². The van der Waals surface area contributed by atoms with Crippen molar-refractivity contribution in [2.75, 3.05) is 0 Å². The highest BCUT2D eigenvalue weighted by molar-refractivity contribution is 7.17. The zero-order valence-corrected chi connectivity index (χ0v) is 14.2. The van der Waals surface area contributed by atoms with Crippen molar-refractivity contribution in [2.45, 2.75) is 27.3 Å². The number of rotatable bonds is 4. The van der Waals surface area contributed by atoms with Crippen LogP contribution in [-0.4, -0.2) is 10.9 Å². The molecule has 0 bridgehead atoms. The van der Waals surface area contributed by atoms with Gasteiger partial charge in [-0.05, 0) is 26.8 Å². The van der Waals surface area contributed by atoms with Crippen LogP contribution in [0.15, 0.2) is 40.8 Å². The molecule has 23 heavy (non-hydrogen) atoms. The van der Waals surface area contributed by atoms with Crippen LogP contribution in [0.2, 0.25) is 0 Å². The van der Waals surface area contributed by atoms with Crippen molar-refractivity contribution in [1.82, 2.24) is 10.3 Å². The highest BCUT2D eigenvalue weighted by Gasteiger charge is 2.16. The average molecular weight is 326 g/mol. The van der Waals surface area contributed by atoms with Gasteiger partial charge in [-0.3, -0.25) is 4.79 Å². The molecule has 3 rings (SSSR count). The molecule has 1 N–H and O–H groups in total. The van der Waals surface area contributed by atoms with E-state index in [1.165, 1.54) is 11.3 Å². The van der Waals surface area contributed by atoms with Crippen molar-refractivity contribution in [3.8, 4) is 10.6 Å². The van der Waals surface area contributed by atoms with E-state index in [0.29, 0.717) is 11.4 Å². The third kappa shape index (κ3) is 3.35. The first-order chi connectivity index (χ1) is 11.0. The number of hydrogen-bond donors (Lipinski definition) is 1. The van der Waals surface area contributed by atoms with Crippen molar-refractivity contribution < 1.29 is 9.21 Å². The largest absolute Gasteiger partial charge is 0.466 e. The molecule has 0 fully saturated rings. The fourth-order valence-corrected chi connectivity index (χ4v) is 3.41. The lowest BCUT2D eigenvalue weighted by atomic mass is 10.2. The fourth-order valence-electron chi connectivity index (χ4n) is 2.43. The van der Waals surface area contributed by atoms with Gasteiger partial charge in [0.2, 0.25) is 0 Å². The van der Waals surface area contributed by atoms with Gasteiger partial charge in [-0.1, -0.05) is 30.3 Å². The van der Waals surface area contributed by atoms with E-state index in [1.807, 2.05) is 57.2 Å². The summed E-state index contributed by atoms with van der Waals surface area (Å²) in [5, 5.41) is 3.81. The lowest BCUT2D eigenvalue weighted by Crippen LogP contribution is -2.22. The Labute approximate surface area is 139 Å². The molecular weight excluding hydrogens is 308 g/mol. The number of carbonyl (C=O) groups excluding carboxylic acids is 1. The van der Waals surface area contributed by atoms with Crippen LogP contribution >= 0.6 is 11.3 Å². The van der Waals surface area contributed by atoms with E-state index in [4.69, 9.17) is 4.42 Å².